The molecule has 0 heterocycles. The maximum absolute atomic E-state index is 6.20. The lowest BCUT2D eigenvalue weighted by atomic mass is 10.0. The minimum absolute atomic E-state index is 0.278. The van der Waals surface area contributed by atoms with Crippen LogP contribution in [-0.2, 0) is 0 Å². The van der Waals surface area contributed by atoms with Crippen molar-refractivity contribution in [1.29, 1.82) is 0 Å². The highest BCUT2D eigenvalue weighted by atomic mass is 16.5. The molecule has 6 aromatic rings. The fourth-order valence-electron chi connectivity index (χ4n) is 5.44. The van der Waals surface area contributed by atoms with E-state index in [2.05, 4.69) is 152 Å². The van der Waals surface area contributed by atoms with Crippen molar-refractivity contribution in [3.8, 4) is 22.6 Å². The molecule has 0 amide bonds. The highest BCUT2D eigenvalue weighted by Crippen LogP contribution is 2.39. The van der Waals surface area contributed by atoms with Gasteiger partial charge in [-0.15, -0.1) is 0 Å². The Labute approximate surface area is 266 Å². The van der Waals surface area contributed by atoms with Crippen molar-refractivity contribution in [1.82, 2.24) is 0 Å². The second-order valence-electron chi connectivity index (χ2n) is 11.8. The van der Waals surface area contributed by atoms with Crippen LogP contribution in [0.25, 0.3) is 11.1 Å². The van der Waals surface area contributed by atoms with Gasteiger partial charge in [-0.2, -0.15) is 0 Å². The number of hydrogen-bond acceptors (Lipinski definition) is 4. The predicted molar refractivity (Wildman–Crippen MR) is 188 cm³/mol. The van der Waals surface area contributed by atoms with Crippen LogP contribution in [0.1, 0.15) is 20.8 Å². The third kappa shape index (κ3) is 7.02. The highest BCUT2D eigenvalue weighted by Gasteiger charge is 2.17. The molecule has 45 heavy (non-hydrogen) atoms. The lowest BCUT2D eigenvalue weighted by Crippen LogP contribution is -2.23. The zero-order valence-electron chi connectivity index (χ0n) is 26.2. The second kappa shape index (κ2) is 13.0. The van der Waals surface area contributed by atoms with Gasteiger partial charge in [-0.25, -0.2) is 0 Å². The average molecular weight is 591 g/mol. The van der Waals surface area contributed by atoms with Crippen LogP contribution in [0.2, 0.25) is 0 Å². The number of anilines is 6. The Morgan fingerprint density at radius 1 is 0.400 bits per heavy atom. The maximum atomic E-state index is 6.20. The van der Waals surface area contributed by atoms with Crippen LogP contribution in [0.4, 0.5) is 34.1 Å². The van der Waals surface area contributed by atoms with Crippen LogP contribution in [0.15, 0.2) is 158 Å². The van der Waals surface area contributed by atoms with E-state index in [4.69, 9.17) is 9.47 Å². The second-order valence-corrected chi connectivity index (χ2v) is 11.8. The highest BCUT2D eigenvalue weighted by molar-refractivity contribution is 5.81. The molecule has 0 saturated carbocycles. The van der Waals surface area contributed by atoms with Gasteiger partial charge >= 0.3 is 0 Å². The number of methoxy groups -OCH3 is 1. The predicted octanol–water partition coefficient (Wildman–Crippen LogP) is 11.5. The van der Waals surface area contributed by atoms with Gasteiger partial charge in [0.05, 0.1) is 7.11 Å². The number of hydrogen-bond donors (Lipinski definition) is 0. The van der Waals surface area contributed by atoms with Crippen LogP contribution in [0.5, 0.6) is 11.5 Å². The quantitative estimate of drug-likeness (QED) is 0.167. The van der Waals surface area contributed by atoms with Crippen molar-refractivity contribution < 1.29 is 9.47 Å². The van der Waals surface area contributed by atoms with Crippen LogP contribution in [-0.4, -0.2) is 12.7 Å². The normalized spacial score (nSPS) is 11.1. The van der Waals surface area contributed by atoms with E-state index in [1.165, 1.54) is 0 Å². The minimum Gasteiger partial charge on any atom is -0.497 e. The molecule has 0 aliphatic rings. The van der Waals surface area contributed by atoms with E-state index in [1.807, 2.05) is 36.4 Å². The molecule has 4 nitrogen and oxygen atoms in total. The summed E-state index contributed by atoms with van der Waals surface area (Å²) in [5.74, 6) is 1.67. The SMILES string of the molecule is COc1cccc(N(c2ccccc2)c2ccc(-c3ccc(N(c4ccccc4)c4cccc(OC(C)(C)C)c4)cc3)cc2)c1. The molecule has 0 aliphatic heterocycles. The van der Waals surface area contributed by atoms with E-state index in [0.717, 1.165) is 56.8 Å². The summed E-state index contributed by atoms with van der Waals surface area (Å²) in [6, 6.07) is 54.7. The maximum Gasteiger partial charge on any atom is 0.122 e. The Morgan fingerprint density at radius 2 is 0.778 bits per heavy atom. The van der Waals surface area contributed by atoms with E-state index >= 15 is 0 Å². The summed E-state index contributed by atoms with van der Waals surface area (Å²) in [6.07, 6.45) is 0. The van der Waals surface area contributed by atoms with Crippen molar-refractivity contribution >= 4 is 34.1 Å². The molecular weight excluding hydrogens is 552 g/mol. The van der Waals surface area contributed by atoms with Gasteiger partial charge < -0.3 is 19.3 Å². The molecule has 0 fully saturated rings. The minimum atomic E-state index is -0.278. The van der Waals surface area contributed by atoms with Gasteiger partial charge in [-0.1, -0.05) is 72.8 Å². The average Bonchev–Trinajstić information content (AvgIpc) is 3.06. The van der Waals surface area contributed by atoms with Gasteiger partial charge in [0, 0.05) is 46.3 Å². The first-order chi connectivity index (χ1) is 21.9. The molecule has 4 heteroatoms. The fraction of sp³-hybridized carbons (Fsp3) is 0.122. The molecule has 0 aromatic heterocycles. The van der Waals surface area contributed by atoms with E-state index in [-0.39, 0.29) is 5.60 Å². The van der Waals surface area contributed by atoms with Crippen molar-refractivity contribution in [3.05, 3.63) is 158 Å². The molecule has 0 aliphatic carbocycles. The summed E-state index contributed by atoms with van der Waals surface area (Å²) in [7, 11) is 1.70. The fourth-order valence-corrected chi connectivity index (χ4v) is 5.44. The van der Waals surface area contributed by atoms with E-state index in [0.29, 0.717) is 0 Å². The number of para-hydroxylation sites is 2. The number of rotatable bonds is 9. The van der Waals surface area contributed by atoms with Gasteiger partial charge in [-0.3, -0.25) is 0 Å². The van der Waals surface area contributed by atoms with E-state index in [1.54, 1.807) is 7.11 Å². The first kappa shape index (κ1) is 29.6. The summed E-state index contributed by atoms with van der Waals surface area (Å²) in [6.45, 7) is 6.20. The number of ether oxygens (including phenoxy) is 2. The van der Waals surface area contributed by atoms with Crippen LogP contribution in [0, 0.1) is 0 Å². The van der Waals surface area contributed by atoms with Crippen LogP contribution >= 0.6 is 0 Å². The molecule has 0 atom stereocenters. The third-order valence-corrected chi connectivity index (χ3v) is 7.42. The molecular formula is C41H38N2O2. The molecule has 0 bridgehead atoms. The smallest absolute Gasteiger partial charge is 0.122 e. The van der Waals surface area contributed by atoms with E-state index < -0.39 is 0 Å². The Balaban J connectivity index is 1.31. The number of nitrogens with zero attached hydrogens (tertiary/aromatic N) is 2. The standard InChI is InChI=1S/C41H38N2O2/c1-41(2,3)45-40-20-12-18-38(30-40)43(34-15-9-6-10-16-34)36-27-23-32(24-28-36)31-21-25-35(26-22-31)42(33-13-7-5-8-14-33)37-17-11-19-39(29-37)44-4/h5-30H,1-4H3. The lowest BCUT2D eigenvalue weighted by molar-refractivity contribution is 0.131. The Morgan fingerprint density at radius 3 is 1.20 bits per heavy atom. The summed E-state index contributed by atoms with van der Waals surface area (Å²) < 4.78 is 11.7. The molecule has 0 radical (unpaired) electrons. The van der Waals surface area contributed by atoms with Crippen LogP contribution < -0.4 is 19.3 Å². The number of benzene rings is 6. The van der Waals surface area contributed by atoms with Crippen molar-refractivity contribution in [3.63, 3.8) is 0 Å². The Bertz CT molecular complexity index is 1830. The first-order valence-corrected chi connectivity index (χ1v) is 15.2. The zero-order valence-corrected chi connectivity index (χ0v) is 26.2. The molecule has 6 rings (SSSR count). The molecule has 0 saturated heterocycles. The van der Waals surface area contributed by atoms with E-state index in [9.17, 15) is 0 Å². The molecule has 0 unspecified atom stereocenters. The third-order valence-electron chi connectivity index (χ3n) is 7.42. The lowest BCUT2D eigenvalue weighted by Gasteiger charge is -2.27. The van der Waals surface area contributed by atoms with Crippen molar-refractivity contribution in [2.75, 3.05) is 16.9 Å². The summed E-state index contributed by atoms with van der Waals surface area (Å²) >= 11 is 0. The summed E-state index contributed by atoms with van der Waals surface area (Å²) in [5, 5.41) is 0. The van der Waals surface area contributed by atoms with Crippen LogP contribution in [0.3, 0.4) is 0 Å². The first-order valence-electron chi connectivity index (χ1n) is 15.2. The molecule has 224 valence electrons. The topological polar surface area (TPSA) is 24.9 Å². The van der Waals surface area contributed by atoms with Crippen molar-refractivity contribution in [2.45, 2.75) is 26.4 Å². The van der Waals surface area contributed by atoms with Gasteiger partial charge in [0.25, 0.3) is 0 Å². The van der Waals surface area contributed by atoms with Crippen molar-refractivity contribution in [2.24, 2.45) is 0 Å². The Kier molecular flexibility index (Phi) is 8.56. The zero-order chi connectivity index (χ0) is 31.2. The summed E-state index contributed by atoms with van der Waals surface area (Å²) in [5.41, 5.74) is 8.41. The van der Waals surface area contributed by atoms with Gasteiger partial charge in [0.2, 0.25) is 0 Å². The molecule has 0 N–H and O–H groups in total. The molecule has 0 spiro atoms. The summed E-state index contributed by atoms with van der Waals surface area (Å²) in [4.78, 5) is 4.50. The van der Waals surface area contributed by atoms with Gasteiger partial charge in [-0.05, 0) is 105 Å². The van der Waals surface area contributed by atoms with Gasteiger partial charge in [0.1, 0.15) is 17.1 Å². The van der Waals surface area contributed by atoms with Gasteiger partial charge in [0.15, 0.2) is 0 Å². The Hall–Kier alpha value is -5.48. The largest absolute Gasteiger partial charge is 0.497 e. The molecule has 6 aromatic carbocycles. The monoisotopic (exact) mass is 590 g/mol.